The van der Waals surface area contributed by atoms with Crippen molar-refractivity contribution in [3.63, 3.8) is 0 Å². The van der Waals surface area contributed by atoms with Crippen LogP contribution in [-0.4, -0.2) is 63.9 Å². The third kappa shape index (κ3) is 6.96. The van der Waals surface area contributed by atoms with Gasteiger partial charge in [0.05, 0.1) is 19.3 Å². The van der Waals surface area contributed by atoms with E-state index in [9.17, 15) is 9.59 Å². The molecule has 1 saturated heterocycles. The predicted octanol–water partition coefficient (Wildman–Crippen LogP) is 2.91. The van der Waals surface area contributed by atoms with Gasteiger partial charge in [-0.05, 0) is 48.2 Å². The van der Waals surface area contributed by atoms with Crippen molar-refractivity contribution in [2.75, 3.05) is 26.2 Å². The molecule has 34 heavy (non-hydrogen) atoms. The third-order valence-electron chi connectivity index (χ3n) is 5.95. The lowest BCUT2D eigenvalue weighted by Crippen LogP contribution is -2.40. The molecule has 1 aromatic carbocycles. The molecule has 0 N–H and O–H groups in total. The topological polar surface area (TPSA) is 75.6 Å². The van der Waals surface area contributed by atoms with Crippen molar-refractivity contribution in [1.29, 1.82) is 0 Å². The predicted molar refractivity (Wildman–Crippen MR) is 129 cm³/mol. The smallest absolute Gasteiger partial charge is 0.242 e. The molecular weight excluding hydrogens is 428 g/mol. The van der Waals surface area contributed by atoms with E-state index >= 15 is 0 Å². The maximum absolute atomic E-state index is 13.1. The van der Waals surface area contributed by atoms with Crippen LogP contribution in [0.4, 0.5) is 0 Å². The number of aromatic nitrogens is 2. The highest BCUT2D eigenvalue weighted by Gasteiger charge is 2.30. The van der Waals surface area contributed by atoms with Crippen molar-refractivity contribution in [3.05, 3.63) is 96.1 Å². The average Bonchev–Trinajstić information content (AvgIpc) is 3.05. The quantitative estimate of drug-likeness (QED) is 0.493. The molecule has 3 aromatic rings. The van der Waals surface area contributed by atoms with Crippen molar-refractivity contribution in [1.82, 2.24) is 19.8 Å². The Labute approximate surface area is 200 Å². The molecule has 7 heteroatoms. The number of benzene rings is 1. The Morgan fingerprint density at radius 1 is 0.912 bits per heavy atom. The molecule has 0 aliphatic carbocycles. The van der Waals surface area contributed by atoms with Crippen LogP contribution < -0.4 is 0 Å². The molecule has 0 saturated carbocycles. The molecule has 7 nitrogen and oxygen atoms in total. The Balaban J connectivity index is 1.42. The summed E-state index contributed by atoms with van der Waals surface area (Å²) >= 11 is 0. The number of ether oxygens (including phenoxy) is 1. The van der Waals surface area contributed by atoms with Gasteiger partial charge in [0, 0.05) is 50.3 Å². The van der Waals surface area contributed by atoms with Gasteiger partial charge in [-0.1, -0.05) is 36.4 Å². The standard InChI is InChI=1S/C27H30N4O3/c32-26(10-9-24-8-4-5-14-29-24)31-19-25(34-21-23-11-15-28-16-12-23)18-30(27(33)20-31)17-13-22-6-2-1-3-7-22/h1-8,11-12,14-16,25H,9-10,13,17-21H2. The van der Waals surface area contributed by atoms with Gasteiger partial charge in [0.2, 0.25) is 11.8 Å². The highest BCUT2D eigenvalue weighted by molar-refractivity contribution is 5.85. The van der Waals surface area contributed by atoms with E-state index in [1.807, 2.05) is 53.4 Å². The fraction of sp³-hybridized carbons (Fsp3) is 0.333. The minimum Gasteiger partial charge on any atom is -0.370 e. The number of nitrogens with zero attached hydrogens (tertiary/aromatic N) is 4. The number of hydrogen-bond acceptors (Lipinski definition) is 5. The summed E-state index contributed by atoms with van der Waals surface area (Å²) in [5, 5.41) is 0. The number of carbonyl (C=O) groups excluding carboxylic acids is 2. The second kappa shape index (κ2) is 12.0. The molecule has 1 aliphatic rings. The fourth-order valence-corrected chi connectivity index (χ4v) is 4.03. The van der Waals surface area contributed by atoms with E-state index in [1.165, 1.54) is 5.56 Å². The lowest BCUT2D eigenvalue weighted by Gasteiger charge is -2.25. The molecule has 2 aromatic heterocycles. The molecule has 0 bridgehead atoms. The van der Waals surface area contributed by atoms with E-state index in [1.54, 1.807) is 23.5 Å². The van der Waals surface area contributed by atoms with Crippen LogP contribution in [0.15, 0.2) is 79.3 Å². The van der Waals surface area contributed by atoms with Crippen LogP contribution >= 0.6 is 0 Å². The summed E-state index contributed by atoms with van der Waals surface area (Å²) in [6.07, 6.45) is 6.54. The van der Waals surface area contributed by atoms with E-state index in [0.29, 0.717) is 39.1 Å². The number of pyridine rings is 2. The van der Waals surface area contributed by atoms with Crippen molar-refractivity contribution >= 4 is 11.8 Å². The Morgan fingerprint density at radius 2 is 1.71 bits per heavy atom. The van der Waals surface area contributed by atoms with Gasteiger partial charge in [-0.15, -0.1) is 0 Å². The Morgan fingerprint density at radius 3 is 2.47 bits per heavy atom. The fourth-order valence-electron chi connectivity index (χ4n) is 4.03. The van der Waals surface area contributed by atoms with Crippen LogP contribution in [0.25, 0.3) is 0 Å². The van der Waals surface area contributed by atoms with Crippen LogP contribution in [0.3, 0.4) is 0 Å². The van der Waals surface area contributed by atoms with Crippen molar-refractivity contribution < 1.29 is 14.3 Å². The van der Waals surface area contributed by atoms with Gasteiger partial charge in [0.25, 0.3) is 0 Å². The molecule has 1 fully saturated rings. The van der Waals surface area contributed by atoms with Gasteiger partial charge < -0.3 is 14.5 Å². The summed E-state index contributed by atoms with van der Waals surface area (Å²) in [7, 11) is 0. The second-order valence-electron chi connectivity index (χ2n) is 8.46. The Kier molecular flexibility index (Phi) is 8.35. The summed E-state index contributed by atoms with van der Waals surface area (Å²) in [6, 6.07) is 19.6. The van der Waals surface area contributed by atoms with Crippen LogP contribution in [0.1, 0.15) is 23.2 Å². The minimum atomic E-state index is -0.269. The first kappa shape index (κ1) is 23.6. The lowest BCUT2D eigenvalue weighted by atomic mass is 10.1. The first-order valence-corrected chi connectivity index (χ1v) is 11.7. The third-order valence-corrected chi connectivity index (χ3v) is 5.95. The summed E-state index contributed by atoms with van der Waals surface area (Å²) in [6.45, 7) is 1.92. The van der Waals surface area contributed by atoms with E-state index in [-0.39, 0.29) is 24.5 Å². The zero-order valence-electron chi connectivity index (χ0n) is 19.3. The zero-order chi connectivity index (χ0) is 23.6. The van der Waals surface area contributed by atoms with Crippen LogP contribution in [0.5, 0.6) is 0 Å². The monoisotopic (exact) mass is 458 g/mol. The van der Waals surface area contributed by atoms with Gasteiger partial charge in [-0.3, -0.25) is 19.6 Å². The van der Waals surface area contributed by atoms with Crippen molar-refractivity contribution in [2.45, 2.75) is 32.0 Å². The maximum Gasteiger partial charge on any atom is 0.242 e. The molecule has 3 heterocycles. The highest BCUT2D eigenvalue weighted by Crippen LogP contribution is 2.14. The molecule has 4 rings (SSSR count). The van der Waals surface area contributed by atoms with Gasteiger partial charge in [-0.2, -0.15) is 0 Å². The van der Waals surface area contributed by atoms with E-state index < -0.39 is 0 Å². The number of aryl methyl sites for hydroxylation is 1. The number of hydrogen-bond donors (Lipinski definition) is 0. The first-order chi connectivity index (χ1) is 16.7. The van der Waals surface area contributed by atoms with E-state index in [0.717, 1.165) is 17.7 Å². The van der Waals surface area contributed by atoms with Gasteiger partial charge in [0.1, 0.15) is 0 Å². The molecule has 1 unspecified atom stereocenters. The molecule has 1 atom stereocenters. The molecule has 0 radical (unpaired) electrons. The molecule has 2 amide bonds. The maximum atomic E-state index is 13.1. The van der Waals surface area contributed by atoms with Crippen LogP contribution in [-0.2, 0) is 33.8 Å². The first-order valence-electron chi connectivity index (χ1n) is 11.7. The number of rotatable bonds is 9. The molecular formula is C27H30N4O3. The number of carbonyl (C=O) groups is 2. The summed E-state index contributed by atoms with van der Waals surface area (Å²) in [4.78, 5) is 38.0. The van der Waals surface area contributed by atoms with Crippen molar-refractivity contribution in [3.8, 4) is 0 Å². The van der Waals surface area contributed by atoms with E-state index in [4.69, 9.17) is 4.74 Å². The summed E-state index contributed by atoms with van der Waals surface area (Å²) in [5.41, 5.74) is 3.05. The lowest BCUT2D eigenvalue weighted by molar-refractivity contribution is -0.138. The average molecular weight is 459 g/mol. The Hall–Kier alpha value is -3.58. The van der Waals surface area contributed by atoms with Gasteiger partial charge in [0.15, 0.2) is 0 Å². The SMILES string of the molecule is O=C1CN(C(=O)CCc2ccccn2)CC(OCc2ccncc2)CN1CCc1ccccc1. The minimum absolute atomic E-state index is 0.0443. The summed E-state index contributed by atoms with van der Waals surface area (Å²) < 4.78 is 6.19. The van der Waals surface area contributed by atoms with Gasteiger partial charge >= 0.3 is 0 Å². The largest absolute Gasteiger partial charge is 0.370 e. The normalized spacial score (nSPS) is 16.4. The second-order valence-corrected chi connectivity index (χ2v) is 8.46. The van der Waals surface area contributed by atoms with Crippen LogP contribution in [0.2, 0.25) is 0 Å². The zero-order valence-corrected chi connectivity index (χ0v) is 19.3. The molecule has 0 spiro atoms. The van der Waals surface area contributed by atoms with E-state index in [2.05, 4.69) is 22.1 Å². The van der Waals surface area contributed by atoms with Crippen LogP contribution in [0, 0.1) is 0 Å². The van der Waals surface area contributed by atoms with Crippen molar-refractivity contribution in [2.24, 2.45) is 0 Å². The van der Waals surface area contributed by atoms with Gasteiger partial charge in [-0.25, -0.2) is 0 Å². The highest BCUT2D eigenvalue weighted by atomic mass is 16.5. The molecule has 1 aliphatic heterocycles. The number of amides is 2. The molecule has 176 valence electrons. The summed E-state index contributed by atoms with van der Waals surface area (Å²) in [5.74, 6) is -0.0986. The Bertz CT molecular complexity index is 1050.